The van der Waals surface area contributed by atoms with Gasteiger partial charge in [-0.1, -0.05) is 0 Å². The molecule has 2 N–H and O–H groups in total. The van der Waals surface area contributed by atoms with Gasteiger partial charge in [0.2, 0.25) is 0 Å². The second-order valence-electron chi connectivity index (χ2n) is 7.07. The number of esters is 1. The van der Waals surface area contributed by atoms with Gasteiger partial charge in [-0.3, -0.25) is 4.79 Å². The van der Waals surface area contributed by atoms with E-state index in [1.165, 1.54) is 12.7 Å². The molecular weight excluding hydrogens is 354 g/mol. The first-order valence-electron chi connectivity index (χ1n) is 9.14. The number of methoxy groups -OCH3 is 1. The van der Waals surface area contributed by atoms with Crippen LogP contribution in [0.3, 0.4) is 0 Å². The SMILES string of the molecule is COC(=O)c1ccc(C(=O)Nc2ccc3[nH]c(C)c(CCN(C)C)c3c2)cc1. The summed E-state index contributed by atoms with van der Waals surface area (Å²) in [5.41, 5.74) is 5.10. The molecular formula is C22H25N3O3. The van der Waals surface area contributed by atoms with E-state index in [0.717, 1.165) is 35.2 Å². The number of nitrogens with zero attached hydrogens (tertiary/aromatic N) is 1. The zero-order chi connectivity index (χ0) is 20.3. The summed E-state index contributed by atoms with van der Waals surface area (Å²) >= 11 is 0. The van der Waals surface area contributed by atoms with Crippen LogP contribution in [-0.2, 0) is 11.2 Å². The number of aryl methyl sites for hydroxylation is 1. The molecule has 1 heterocycles. The maximum absolute atomic E-state index is 12.6. The number of ether oxygens (including phenoxy) is 1. The monoisotopic (exact) mass is 379 g/mol. The highest BCUT2D eigenvalue weighted by Gasteiger charge is 2.12. The first kappa shape index (κ1) is 19.6. The fourth-order valence-corrected chi connectivity index (χ4v) is 3.20. The van der Waals surface area contributed by atoms with Crippen LogP contribution in [0.25, 0.3) is 10.9 Å². The van der Waals surface area contributed by atoms with Gasteiger partial charge in [0.1, 0.15) is 0 Å². The molecule has 0 fully saturated rings. The molecule has 0 radical (unpaired) electrons. The second-order valence-corrected chi connectivity index (χ2v) is 7.07. The van der Waals surface area contributed by atoms with Gasteiger partial charge in [0.25, 0.3) is 5.91 Å². The van der Waals surface area contributed by atoms with Crippen molar-refractivity contribution in [1.82, 2.24) is 9.88 Å². The number of carbonyl (C=O) groups is 2. The van der Waals surface area contributed by atoms with Crippen LogP contribution in [0.1, 0.15) is 32.0 Å². The maximum atomic E-state index is 12.6. The van der Waals surface area contributed by atoms with E-state index in [1.54, 1.807) is 24.3 Å². The number of nitrogens with one attached hydrogen (secondary N) is 2. The minimum atomic E-state index is -0.425. The predicted molar refractivity (Wildman–Crippen MR) is 111 cm³/mol. The largest absolute Gasteiger partial charge is 0.465 e. The van der Waals surface area contributed by atoms with Gasteiger partial charge in [0.15, 0.2) is 0 Å². The molecule has 146 valence electrons. The Balaban J connectivity index is 1.80. The van der Waals surface area contributed by atoms with E-state index < -0.39 is 5.97 Å². The number of aromatic nitrogens is 1. The van der Waals surface area contributed by atoms with Crippen molar-refractivity contribution >= 4 is 28.5 Å². The molecule has 0 unspecified atom stereocenters. The van der Waals surface area contributed by atoms with Crippen molar-refractivity contribution in [2.75, 3.05) is 33.1 Å². The lowest BCUT2D eigenvalue weighted by Gasteiger charge is -2.10. The van der Waals surface area contributed by atoms with E-state index in [9.17, 15) is 9.59 Å². The number of amides is 1. The van der Waals surface area contributed by atoms with Gasteiger partial charge < -0.3 is 19.9 Å². The maximum Gasteiger partial charge on any atom is 0.337 e. The molecule has 1 aromatic heterocycles. The molecule has 2 aromatic carbocycles. The Morgan fingerprint density at radius 1 is 1.07 bits per heavy atom. The number of benzene rings is 2. The second kappa shape index (κ2) is 8.27. The third-order valence-electron chi connectivity index (χ3n) is 4.75. The molecule has 6 nitrogen and oxygen atoms in total. The number of carbonyl (C=O) groups excluding carboxylic acids is 2. The Morgan fingerprint density at radius 2 is 1.75 bits per heavy atom. The van der Waals surface area contributed by atoms with Crippen LogP contribution >= 0.6 is 0 Å². The summed E-state index contributed by atoms with van der Waals surface area (Å²) in [5, 5.41) is 4.06. The van der Waals surface area contributed by atoms with Crippen LogP contribution < -0.4 is 5.32 Å². The molecule has 0 aliphatic carbocycles. The van der Waals surface area contributed by atoms with Crippen molar-refractivity contribution < 1.29 is 14.3 Å². The van der Waals surface area contributed by atoms with Crippen LogP contribution in [-0.4, -0.2) is 49.5 Å². The van der Waals surface area contributed by atoms with Crippen LogP contribution in [0, 0.1) is 6.92 Å². The van der Waals surface area contributed by atoms with Crippen molar-refractivity contribution in [2.45, 2.75) is 13.3 Å². The Hall–Kier alpha value is -3.12. The third kappa shape index (κ3) is 4.23. The van der Waals surface area contributed by atoms with E-state index in [2.05, 4.69) is 41.0 Å². The molecule has 0 saturated heterocycles. The standard InChI is InChI=1S/C22H25N3O3/c1-14-18(11-12-25(2)3)19-13-17(9-10-20(19)23-14)24-21(26)15-5-7-16(8-6-15)22(27)28-4/h5-10,13,23H,11-12H2,1-4H3,(H,24,26). The lowest BCUT2D eigenvalue weighted by molar-refractivity contribution is 0.0600. The summed E-state index contributed by atoms with van der Waals surface area (Å²) in [7, 11) is 5.44. The van der Waals surface area contributed by atoms with E-state index in [0.29, 0.717) is 11.1 Å². The smallest absolute Gasteiger partial charge is 0.337 e. The van der Waals surface area contributed by atoms with Crippen molar-refractivity contribution in [2.24, 2.45) is 0 Å². The summed E-state index contributed by atoms with van der Waals surface area (Å²) in [5.74, 6) is -0.650. The summed E-state index contributed by atoms with van der Waals surface area (Å²) in [4.78, 5) is 29.6. The Labute approximate surface area is 164 Å². The highest BCUT2D eigenvalue weighted by molar-refractivity contribution is 6.05. The summed E-state index contributed by atoms with van der Waals surface area (Å²) in [6.07, 6.45) is 0.936. The topological polar surface area (TPSA) is 74.4 Å². The molecule has 0 aliphatic rings. The molecule has 3 aromatic rings. The van der Waals surface area contributed by atoms with Crippen LogP contribution in [0.15, 0.2) is 42.5 Å². The molecule has 1 amide bonds. The summed E-state index contributed by atoms with van der Waals surface area (Å²) in [6.45, 7) is 3.03. The Bertz CT molecular complexity index is 1000. The number of hydrogen-bond acceptors (Lipinski definition) is 4. The number of rotatable bonds is 6. The number of aromatic amines is 1. The highest BCUT2D eigenvalue weighted by Crippen LogP contribution is 2.26. The third-order valence-corrected chi connectivity index (χ3v) is 4.75. The Kier molecular flexibility index (Phi) is 5.80. The summed E-state index contributed by atoms with van der Waals surface area (Å²) in [6, 6.07) is 12.3. The van der Waals surface area contributed by atoms with Gasteiger partial charge in [0, 0.05) is 34.4 Å². The van der Waals surface area contributed by atoms with E-state index in [-0.39, 0.29) is 5.91 Å². The van der Waals surface area contributed by atoms with Gasteiger partial charge in [-0.15, -0.1) is 0 Å². The fraction of sp³-hybridized carbons (Fsp3) is 0.273. The van der Waals surface area contributed by atoms with Gasteiger partial charge in [0.05, 0.1) is 12.7 Å². The molecule has 6 heteroatoms. The zero-order valence-corrected chi connectivity index (χ0v) is 16.6. The van der Waals surface area contributed by atoms with Crippen LogP contribution in [0.5, 0.6) is 0 Å². The van der Waals surface area contributed by atoms with Crippen molar-refractivity contribution in [3.8, 4) is 0 Å². The lowest BCUT2D eigenvalue weighted by atomic mass is 10.1. The molecule has 28 heavy (non-hydrogen) atoms. The molecule has 3 rings (SSSR count). The van der Waals surface area contributed by atoms with Gasteiger partial charge in [-0.05, 0) is 75.5 Å². The number of fused-ring (bicyclic) bond motifs is 1. The predicted octanol–water partition coefficient (Wildman–Crippen LogP) is 3.62. The van der Waals surface area contributed by atoms with Crippen LogP contribution in [0.4, 0.5) is 5.69 Å². The minimum absolute atomic E-state index is 0.224. The number of anilines is 1. The summed E-state index contributed by atoms with van der Waals surface area (Å²) < 4.78 is 4.68. The van der Waals surface area contributed by atoms with Crippen LogP contribution in [0.2, 0.25) is 0 Å². The van der Waals surface area contributed by atoms with Gasteiger partial charge in [-0.2, -0.15) is 0 Å². The quantitative estimate of drug-likeness (QED) is 0.642. The van der Waals surface area contributed by atoms with Crippen molar-refractivity contribution in [3.63, 3.8) is 0 Å². The minimum Gasteiger partial charge on any atom is -0.465 e. The number of hydrogen-bond donors (Lipinski definition) is 2. The zero-order valence-electron chi connectivity index (χ0n) is 16.6. The van der Waals surface area contributed by atoms with E-state index in [4.69, 9.17) is 0 Å². The fourth-order valence-electron chi connectivity index (χ4n) is 3.20. The molecule has 0 saturated carbocycles. The Morgan fingerprint density at radius 3 is 2.39 bits per heavy atom. The highest BCUT2D eigenvalue weighted by atomic mass is 16.5. The van der Waals surface area contributed by atoms with E-state index in [1.807, 2.05) is 18.2 Å². The van der Waals surface area contributed by atoms with Crippen molar-refractivity contribution in [3.05, 3.63) is 64.8 Å². The average molecular weight is 379 g/mol. The van der Waals surface area contributed by atoms with Gasteiger partial charge in [-0.25, -0.2) is 4.79 Å². The number of H-pyrrole nitrogens is 1. The van der Waals surface area contributed by atoms with Gasteiger partial charge >= 0.3 is 5.97 Å². The first-order valence-corrected chi connectivity index (χ1v) is 9.14. The lowest BCUT2D eigenvalue weighted by Crippen LogP contribution is -2.15. The average Bonchev–Trinajstić information content (AvgIpc) is 3.00. The normalized spacial score (nSPS) is 11.0. The van der Waals surface area contributed by atoms with Crippen molar-refractivity contribution in [1.29, 1.82) is 0 Å². The molecule has 0 aliphatic heterocycles. The van der Waals surface area contributed by atoms with E-state index >= 15 is 0 Å². The molecule has 0 spiro atoms. The molecule has 0 atom stereocenters. The molecule has 0 bridgehead atoms. The first-order chi connectivity index (χ1) is 13.4. The number of likely N-dealkylation sites (N-methyl/N-ethyl adjacent to an activating group) is 1.